The van der Waals surface area contributed by atoms with Crippen LogP contribution in [0.1, 0.15) is 37.4 Å². The first kappa shape index (κ1) is 19.3. The minimum Gasteiger partial charge on any atom is -0.312 e. The molecular weight excluding hydrogens is 380 g/mol. The quantitative estimate of drug-likeness (QED) is 0.379. The summed E-state index contributed by atoms with van der Waals surface area (Å²) < 4.78 is 0. The molecule has 1 aliphatic heterocycles. The van der Waals surface area contributed by atoms with Gasteiger partial charge in [0, 0.05) is 11.1 Å². The highest BCUT2D eigenvalue weighted by Crippen LogP contribution is 2.31. The van der Waals surface area contributed by atoms with E-state index >= 15 is 0 Å². The minimum absolute atomic E-state index is 0.0902. The first-order valence-corrected chi connectivity index (χ1v) is 9.36. The summed E-state index contributed by atoms with van der Waals surface area (Å²) in [6.07, 6.45) is 0. The molecule has 3 aromatic rings. The van der Waals surface area contributed by atoms with E-state index in [0.717, 1.165) is 16.0 Å². The maximum absolute atomic E-state index is 13.1. The molecule has 6 heteroatoms. The number of carbonyl (C=O) groups is 3. The number of carbonyl (C=O) groups excluding carboxylic acids is 3. The van der Waals surface area contributed by atoms with Gasteiger partial charge in [0.15, 0.2) is 5.71 Å². The van der Waals surface area contributed by atoms with Crippen molar-refractivity contribution >= 4 is 29.2 Å². The monoisotopic (exact) mass is 398 g/mol. The number of nitrogens with zero attached hydrogens (tertiary/aromatic N) is 2. The van der Waals surface area contributed by atoms with Crippen LogP contribution in [0.15, 0.2) is 78.0 Å². The molecule has 1 heterocycles. The van der Waals surface area contributed by atoms with Crippen LogP contribution in [0.4, 0.5) is 5.69 Å². The van der Waals surface area contributed by atoms with Crippen LogP contribution in [-0.2, 0) is 9.63 Å². The lowest BCUT2D eigenvalue weighted by Crippen LogP contribution is -2.36. The third-order valence-electron chi connectivity index (χ3n) is 4.75. The summed E-state index contributed by atoms with van der Waals surface area (Å²) in [6, 6.07) is 20.6. The van der Waals surface area contributed by atoms with Gasteiger partial charge < -0.3 is 4.84 Å². The number of para-hydroxylation sites is 1. The maximum Gasteiger partial charge on any atom is 0.365 e. The second-order valence-corrected chi connectivity index (χ2v) is 7.02. The molecule has 0 radical (unpaired) electrons. The van der Waals surface area contributed by atoms with Crippen molar-refractivity contribution in [3.63, 3.8) is 0 Å². The van der Waals surface area contributed by atoms with Crippen LogP contribution in [0.25, 0.3) is 0 Å². The number of hydrogen-bond acceptors (Lipinski definition) is 5. The molecule has 0 saturated carbocycles. The number of rotatable bonds is 3. The van der Waals surface area contributed by atoms with Crippen LogP contribution in [0, 0.1) is 13.8 Å². The highest BCUT2D eigenvalue weighted by molar-refractivity contribution is 6.58. The van der Waals surface area contributed by atoms with Crippen molar-refractivity contribution < 1.29 is 19.2 Å². The van der Waals surface area contributed by atoms with Crippen molar-refractivity contribution in [1.29, 1.82) is 0 Å². The number of fused-ring (bicyclic) bond motifs is 1. The van der Waals surface area contributed by atoms with Gasteiger partial charge in [-0.3, -0.25) is 9.59 Å². The normalized spacial score (nSPS) is 14.0. The van der Waals surface area contributed by atoms with Gasteiger partial charge in [-0.25, -0.2) is 9.69 Å². The fourth-order valence-electron chi connectivity index (χ4n) is 3.31. The van der Waals surface area contributed by atoms with Gasteiger partial charge in [-0.05, 0) is 44.2 Å². The van der Waals surface area contributed by atoms with Crippen LogP contribution in [0.5, 0.6) is 0 Å². The van der Waals surface area contributed by atoms with E-state index in [4.69, 9.17) is 4.84 Å². The van der Waals surface area contributed by atoms with Crippen molar-refractivity contribution in [3.8, 4) is 0 Å². The minimum atomic E-state index is -0.681. The largest absolute Gasteiger partial charge is 0.365 e. The van der Waals surface area contributed by atoms with Crippen LogP contribution in [0.3, 0.4) is 0 Å². The number of amides is 2. The van der Waals surface area contributed by atoms with E-state index in [2.05, 4.69) is 5.16 Å². The third-order valence-corrected chi connectivity index (χ3v) is 4.75. The Morgan fingerprint density at radius 3 is 2.17 bits per heavy atom. The molecule has 6 nitrogen and oxygen atoms in total. The molecule has 0 saturated heterocycles. The number of aryl methyl sites for hydroxylation is 2. The lowest BCUT2D eigenvalue weighted by atomic mass is 10.1. The third kappa shape index (κ3) is 3.51. The van der Waals surface area contributed by atoms with Crippen molar-refractivity contribution in [3.05, 3.63) is 101 Å². The molecule has 0 spiro atoms. The van der Waals surface area contributed by atoms with Crippen LogP contribution in [0.2, 0.25) is 0 Å². The summed E-state index contributed by atoms with van der Waals surface area (Å²) in [5.74, 6) is -1.79. The van der Waals surface area contributed by atoms with Gasteiger partial charge in [-0.1, -0.05) is 58.7 Å². The summed E-state index contributed by atoms with van der Waals surface area (Å²) in [5.41, 5.74) is 3.26. The summed E-state index contributed by atoms with van der Waals surface area (Å²) in [5, 5.41) is 3.82. The van der Waals surface area contributed by atoms with Crippen molar-refractivity contribution in [2.45, 2.75) is 13.8 Å². The van der Waals surface area contributed by atoms with E-state index in [1.165, 1.54) is 0 Å². The molecule has 0 atom stereocenters. The van der Waals surface area contributed by atoms with E-state index in [0.29, 0.717) is 22.4 Å². The van der Waals surface area contributed by atoms with Crippen LogP contribution < -0.4 is 4.90 Å². The Labute approximate surface area is 173 Å². The molecule has 4 rings (SSSR count). The van der Waals surface area contributed by atoms with Crippen molar-refractivity contribution in [1.82, 2.24) is 0 Å². The highest BCUT2D eigenvalue weighted by atomic mass is 16.7. The van der Waals surface area contributed by atoms with E-state index in [-0.39, 0.29) is 5.71 Å². The summed E-state index contributed by atoms with van der Waals surface area (Å²) >= 11 is 0. The van der Waals surface area contributed by atoms with Crippen molar-refractivity contribution in [2.75, 3.05) is 4.90 Å². The Morgan fingerprint density at radius 2 is 1.47 bits per heavy atom. The van der Waals surface area contributed by atoms with Crippen LogP contribution >= 0.6 is 0 Å². The molecular formula is C24H18N2O4. The fraction of sp³-hybridized carbons (Fsp3) is 0.0833. The molecule has 148 valence electrons. The zero-order valence-electron chi connectivity index (χ0n) is 16.5. The Morgan fingerprint density at radius 1 is 0.833 bits per heavy atom. The number of imide groups is 1. The van der Waals surface area contributed by atoms with Gasteiger partial charge in [-0.15, -0.1) is 0 Å². The van der Waals surface area contributed by atoms with E-state index < -0.39 is 17.8 Å². The smallest absolute Gasteiger partial charge is 0.312 e. The Hall–Kier alpha value is -4.06. The maximum atomic E-state index is 13.1. The summed E-state index contributed by atoms with van der Waals surface area (Å²) in [6.45, 7) is 3.72. The molecule has 0 fully saturated rings. The molecule has 0 unspecified atom stereocenters. The molecule has 0 aliphatic carbocycles. The van der Waals surface area contributed by atoms with E-state index in [1.54, 1.807) is 60.7 Å². The number of anilines is 1. The number of oxime groups is 1. The number of hydrogen-bond donors (Lipinski definition) is 0. The van der Waals surface area contributed by atoms with E-state index in [9.17, 15) is 14.4 Å². The zero-order valence-corrected chi connectivity index (χ0v) is 16.5. The summed E-state index contributed by atoms with van der Waals surface area (Å²) in [4.78, 5) is 44.5. The van der Waals surface area contributed by atoms with Gasteiger partial charge in [0.1, 0.15) is 0 Å². The van der Waals surface area contributed by atoms with Gasteiger partial charge >= 0.3 is 5.97 Å². The van der Waals surface area contributed by atoms with Gasteiger partial charge in [0.25, 0.3) is 11.8 Å². The predicted molar refractivity (Wildman–Crippen MR) is 113 cm³/mol. The van der Waals surface area contributed by atoms with Crippen molar-refractivity contribution in [2.24, 2.45) is 5.16 Å². The fourth-order valence-corrected chi connectivity index (χ4v) is 3.31. The first-order valence-electron chi connectivity index (χ1n) is 9.36. The van der Waals surface area contributed by atoms with Gasteiger partial charge in [0.05, 0.1) is 11.3 Å². The predicted octanol–water partition coefficient (Wildman–Crippen LogP) is 4.05. The zero-order chi connectivity index (χ0) is 21.3. The SMILES string of the molecule is Cc1cccc(C(=O)ON=C2C(=O)N(C(=O)c3cccc(C)c3)c3ccccc32)c1. The Bertz CT molecular complexity index is 1210. The Balaban J connectivity index is 1.67. The number of benzene rings is 3. The molecule has 2 amide bonds. The topological polar surface area (TPSA) is 76.0 Å². The molecule has 0 N–H and O–H groups in total. The average Bonchev–Trinajstić information content (AvgIpc) is 3.02. The molecule has 0 aromatic heterocycles. The van der Waals surface area contributed by atoms with Crippen LogP contribution in [-0.4, -0.2) is 23.5 Å². The standard InChI is InChI=1S/C24H18N2O4/c1-15-7-5-9-17(13-15)22(27)26-20-12-4-3-11-19(20)21(23(26)28)25-30-24(29)18-10-6-8-16(2)14-18/h3-14H,1-2H3. The first-order chi connectivity index (χ1) is 14.5. The Kier molecular flexibility index (Phi) is 4.98. The van der Waals surface area contributed by atoms with Gasteiger partial charge in [-0.2, -0.15) is 0 Å². The van der Waals surface area contributed by atoms with Gasteiger partial charge in [0.2, 0.25) is 0 Å². The lowest BCUT2D eigenvalue weighted by Gasteiger charge is -2.15. The summed E-state index contributed by atoms with van der Waals surface area (Å²) in [7, 11) is 0. The molecule has 0 bridgehead atoms. The molecule has 30 heavy (non-hydrogen) atoms. The average molecular weight is 398 g/mol. The highest BCUT2D eigenvalue weighted by Gasteiger charge is 2.39. The molecule has 3 aromatic carbocycles. The lowest BCUT2D eigenvalue weighted by molar-refractivity contribution is -0.111. The second-order valence-electron chi connectivity index (χ2n) is 7.02. The second kappa shape index (κ2) is 7.75. The van der Waals surface area contributed by atoms with E-state index in [1.807, 2.05) is 26.0 Å². The molecule has 1 aliphatic rings.